The van der Waals surface area contributed by atoms with Crippen LogP contribution in [0.25, 0.3) is 0 Å². The third kappa shape index (κ3) is 3.19. The number of rotatable bonds is 4. The molecule has 1 aromatic rings. The van der Waals surface area contributed by atoms with Crippen LogP contribution >= 0.6 is 0 Å². The Labute approximate surface area is 80.4 Å². The molecule has 0 aliphatic heterocycles. The Morgan fingerprint density at radius 1 is 1.23 bits per heavy atom. The second-order valence-electron chi connectivity index (χ2n) is 3.44. The quantitative estimate of drug-likeness (QED) is 0.751. The normalized spacial score (nSPS) is 12.8. The Morgan fingerprint density at radius 2 is 1.92 bits per heavy atom. The maximum Gasteiger partial charge on any atom is 0.0577 e. The van der Waals surface area contributed by atoms with E-state index in [4.69, 9.17) is 0 Å². The molecule has 0 aliphatic carbocycles. The highest BCUT2D eigenvalue weighted by Gasteiger charge is 2.02. The van der Waals surface area contributed by atoms with E-state index in [2.05, 4.69) is 31.2 Å². The lowest BCUT2D eigenvalue weighted by molar-refractivity contribution is 0.171. The summed E-state index contributed by atoms with van der Waals surface area (Å²) >= 11 is 0. The average molecular weight is 178 g/mol. The largest absolute Gasteiger partial charge is 0.393 e. The SMILES string of the molecule is CCc1cccc(CC(O)CC)c1. The van der Waals surface area contributed by atoms with Crippen LogP contribution in [0.4, 0.5) is 0 Å². The fraction of sp³-hybridized carbons (Fsp3) is 0.500. The first-order chi connectivity index (χ1) is 6.26. The maximum atomic E-state index is 9.47. The molecule has 1 aromatic carbocycles. The molecule has 0 saturated heterocycles. The van der Waals surface area contributed by atoms with Crippen molar-refractivity contribution in [1.82, 2.24) is 0 Å². The van der Waals surface area contributed by atoms with Crippen LogP contribution in [-0.2, 0) is 12.8 Å². The van der Waals surface area contributed by atoms with Crippen LogP contribution in [0, 0.1) is 0 Å². The van der Waals surface area contributed by atoms with Crippen LogP contribution in [0.2, 0.25) is 0 Å². The van der Waals surface area contributed by atoms with Gasteiger partial charge in [-0.25, -0.2) is 0 Å². The zero-order valence-electron chi connectivity index (χ0n) is 8.46. The van der Waals surface area contributed by atoms with Crippen molar-refractivity contribution in [3.63, 3.8) is 0 Å². The smallest absolute Gasteiger partial charge is 0.0577 e. The fourth-order valence-corrected chi connectivity index (χ4v) is 1.39. The number of aliphatic hydroxyl groups excluding tert-OH is 1. The molecule has 1 atom stereocenters. The van der Waals surface area contributed by atoms with Crippen molar-refractivity contribution in [2.75, 3.05) is 0 Å². The number of hydrogen-bond donors (Lipinski definition) is 1. The molecule has 72 valence electrons. The fourth-order valence-electron chi connectivity index (χ4n) is 1.39. The van der Waals surface area contributed by atoms with Gasteiger partial charge in [0.2, 0.25) is 0 Å². The Balaban J connectivity index is 2.66. The zero-order valence-corrected chi connectivity index (χ0v) is 8.46. The number of aliphatic hydroxyl groups is 1. The lowest BCUT2D eigenvalue weighted by Crippen LogP contribution is -2.08. The van der Waals surface area contributed by atoms with Gasteiger partial charge in [-0.05, 0) is 30.4 Å². The summed E-state index contributed by atoms with van der Waals surface area (Å²) in [6.07, 6.45) is 2.49. The van der Waals surface area contributed by atoms with Crippen molar-refractivity contribution in [2.24, 2.45) is 0 Å². The van der Waals surface area contributed by atoms with E-state index in [0.717, 1.165) is 19.3 Å². The summed E-state index contributed by atoms with van der Waals surface area (Å²) in [7, 11) is 0. The van der Waals surface area contributed by atoms with E-state index in [1.54, 1.807) is 0 Å². The highest BCUT2D eigenvalue weighted by molar-refractivity contribution is 5.23. The number of benzene rings is 1. The minimum Gasteiger partial charge on any atom is -0.393 e. The Kier molecular flexibility index (Phi) is 3.97. The summed E-state index contributed by atoms with van der Waals surface area (Å²) in [4.78, 5) is 0. The van der Waals surface area contributed by atoms with Crippen LogP contribution in [0.15, 0.2) is 24.3 Å². The third-order valence-electron chi connectivity index (χ3n) is 2.34. The first kappa shape index (κ1) is 10.3. The topological polar surface area (TPSA) is 20.2 Å². The number of hydrogen-bond acceptors (Lipinski definition) is 1. The molecule has 0 aliphatic rings. The van der Waals surface area contributed by atoms with E-state index in [-0.39, 0.29) is 6.10 Å². The maximum absolute atomic E-state index is 9.47. The highest BCUT2D eigenvalue weighted by Crippen LogP contribution is 2.09. The second kappa shape index (κ2) is 5.03. The first-order valence-electron chi connectivity index (χ1n) is 5.02. The van der Waals surface area contributed by atoms with E-state index in [1.165, 1.54) is 11.1 Å². The molecule has 0 bridgehead atoms. The Hall–Kier alpha value is -0.820. The lowest BCUT2D eigenvalue weighted by atomic mass is 10.0. The summed E-state index contributed by atoms with van der Waals surface area (Å²) in [6, 6.07) is 8.45. The van der Waals surface area contributed by atoms with Gasteiger partial charge in [-0.2, -0.15) is 0 Å². The predicted octanol–water partition coefficient (Wildman–Crippen LogP) is 2.56. The van der Waals surface area contributed by atoms with Crippen molar-refractivity contribution in [1.29, 1.82) is 0 Å². The van der Waals surface area contributed by atoms with E-state index in [9.17, 15) is 5.11 Å². The molecule has 0 saturated carbocycles. The standard InChI is InChI=1S/C12H18O/c1-3-10-6-5-7-11(8-10)9-12(13)4-2/h5-8,12-13H,3-4,9H2,1-2H3. The van der Waals surface area contributed by atoms with Gasteiger partial charge < -0.3 is 5.11 Å². The summed E-state index contributed by atoms with van der Waals surface area (Å²) in [6.45, 7) is 4.16. The molecule has 1 nitrogen and oxygen atoms in total. The molecular weight excluding hydrogens is 160 g/mol. The molecule has 0 heterocycles. The average Bonchev–Trinajstić information content (AvgIpc) is 2.18. The van der Waals surface area contributed by atoms with E-state index in [0.29, 0.717) is 0 Å². The molecule has 1 rings (SSSR count). The van der Waals surface area contributed by atoms with Crippen molar-refractivity contribution >= 4 is 0 Å². The minimum atomic E-state index is -0.188. The van der Waals surface area contributed by atoms with Gasteiger partial charge in [0, 0.05) is 0 Å². The summed E-state index contributed by atoms with van der Waals surface area (Å²) in [5.41, 5.74) is 2.59. The van der Waals surface area contributed by atoms with Gasteiger partial charge >= 0.3 is 0 Å². The van der Waals surface area contributed by atoms with Gasteiger partial charge in [0.25, 0.3) is 0 Å². The molecule has 0 radical (unpaired) electrons. The van der Waals surface area contributed by atoms with Gasteiger partial charge in [0.15, 0.2) is 0 Å². The second-order valence-corrected chi connectivity index (χ2v) is 3.44. The van der Waals surface area contributed by atoms with Crippen LogP contribution in [0.3, 0.4) is 0 Å². The van der Waals surface area contributed by atoms with E-state index >= 15 is 0 Å². The van der Waals surface area contributed by atoms with Gasteiger partial charge in [0.05, 0.1) is 6.10 Å². The van der Waals surface area contributed by atoms with Crippen molar-refractivity contribution in [3.05, 3.63) is 35.4 Å². The molecule has 0 amide bonds. The Morgan fingerprint density at radius 3 is 2.54 bits per heavy atom. The molecule has 1 unspecified atom stereocenters. The summed E-state index contributed by atoms with van der Waals surface area (Å²) in [5, 5.41) is 9.47. The first-order valence-corrected chi connectivity index (χ1v) is 5.02. The molecule has 0 fully saturated rings. The molecule has 13 heavy (non-hydrogen) atoms. The van der Waals surface area contributed by atoms with Gasteiger partial charge in [-0.3, -0.25) is 0 Å². The van der Waals surface area contributed by atoms with Gasteiger partial charge in [-0.15, -0.1) is 0 Å². The van der Waals surface area contributed by atoms with Crippen LogP contribution in [0.1, 0.15) is 31.4 Å². The Bertz CT molecular complexity index is 255. The van der Waals surface area contributed by atoms with E-state index in [1.807, 2.05) is 6.92 Å². The van der Waals surface area contributed by atoms with Crippen molar-refractivity contribution in [2.45, 2.75) is 39.2 Å². The van der Waals surface area contributed by atoms with Gasteiger partial charge in [-0.1, -0.05) is 38.1 Å². The minimum absolute atomic E-state index is 0.188. The lowest BCUT2D eigenvalue weighted by Gasteiger charge is -2.08. The van der Waals surface area contributed by atoms with Crippen LogP contribution in [0.5, 0.6) is 0 Å². The summed E-state index contributed by atoms with van der Waals surface area (Å²) in [5.74, 6) is 0. The van der Waals surface area contributed by atoms with Crippen molar-refractivity contribution in [3.8, 4) is 0 Å². The molecule has 1 N–H and O–H groups in total. The van der Waals surface area contributed by atoms with Gasteiger partial charge in [0.1, 0.15) is 0 Å². The molecule has 0 spiro atoms. The monoisotopic (exact) mass is 178 g/mol. The van der Waals surface area contributed by atoms with Crippen LogP contribution in [-0.4, -0.2) is 11.2 Å². The predicted molar refractivity (Wildman–Crippen MR) is 55.8 cm³/mol. The third-order valence-corrected chi connectivity index (χ3v) is 2.34. The highest BCUT2D eigenvalue weighted by atomic mass is 16.3. The molecule has 1 heteroatoms. The number of aryl methyl sites for hydroxylation is 1. The summed E-state index contributed by atoms with van der Waals surface area (Å²) < 4.78 is 0. The van der Waals surface area contributed by atoms with Crippen LogP contribution < -0.4 is 0 Å². The van der Waals surface area contributed by atoms with E-state index < -0.39 is 0 Å². The van der Waals surface area contributed by atoms with Crippen molar-refractivity contribution < 1.29 is 5.11 Å². The molecular formula is C12H18O. The zero-order chi connectivity index (χ0) is 9.68. The molecule has 0 aromatic heterocycles.